The van der Waals surface area contributed by atoms with E-state index in [0.717, 1.165) is 25.7 Å². The molecule has 0 unspecified atom stereocenters. The van der Waals surface area contributed by atoms with Crippen molar-refractivity contribution in [1.29, 1.82) is 0 Å². The van der Waals surface area contributed by atoms with Crippen LogP contribution >= 0.6 is 0 Å². The summed E-state index contributed by atoms with van der Waals surface area (Å²) >= 11 is 0. The molecule has 2 amide bonds. The number of hydrogen-bond donors (Lipinski definition) is 2. The minimum absolute atomic E-state index is 0.156. The summed E-state index contributed by atoms with van der Waals surface area (Å²) in [4.78, 5) is 23.9. The molecule has 5 heteroatoms. The largest absolute Gasteiger partial charge is 0.492 e. The van der Waals surface area contributed by atoms with Gasteiger partial charge in [-0.3, -0.25) is 9.59 Å². The number of hydrogen-bond acceptors (Lipinski definition) is 3. The minimum Gasteiger partial charge on any atom is -0.492 e. The van der Waals surface area contributed by atoms with Crippen molar-refractivity contribution in [1.82, 2.24) is 5.32 Å². The molecule has 0 radical (unpaired) electrons. The molecule has 1 saturated carbocycles. The van der Waals surface area contributed by atoms with E-state index in [1.165, 1.54) is 6.42 Å². The van der Waals surface area contributed by atoms with E-state index < -0.39 is 0 Å². The molecule has 1 aliphatic rings. The molecule has 0 aromatic heterocycles. The topological polar surface area (TPSA) is 67.4 Å². The number of anilines is 1. The first-order chi connectivity index (χ1) is 10.7. The highest BCUT2D eigenvalue weighted by molar-refractivity contribution is 6.04. The van der Waals surface area contributed by atoms with Gasteiger partial charge in [0.05, 0.1) is 12.3 Å². The maximum atomic E-state index is 12.0. The quantitative estimate of drug-likeness (QED) is 0.794. The number of carbonyl (C=O) groups excluding carboxylic acids is 2. The zero-order chi connectivity index (χ0) is 15.8. The zero-order valence-corrected chi connectivity index (χ0v) is 13.1. The molecule has 0 heterocycles. The Kier molecular flexibility index (Phi) is 6.25. The van der Waals surface area contributed by atoms with Crippen molar-refractivity contribution in [3.8, 4) is 5.75 Å². The van der Waals surface area contributed by atoms with Crippen LogP contribution in [0.3, 0.4) is 0 Å². The zero-order valence-electron chi connectivity index (χ0n) is 13.1. The lowest BCUT2D eigenvalue weighted by Gasteiger charge is -2.22. The first-order valence-electron chi connectivity index (χ1n) is 8.00. The first kappa shape index (κ1) is 16.3. The smallest absolute Gasteiger partial charge is 0.233 e. The Balaban J connectivity index is 1.83. The Morgan fingerprint density at radius 1 is 1.14 bits per heavy atom. The van der Waals surface area contributed by atoms with Gasteiger partial charge in [0.25, 0.3) is 0 Å². The van der Waals surface area contributed by atoms with Gasteiger partial charge in [-0.25, -0.2) is 0 Å². The van der Waals surface area contributed by atoms with Gasteiger partial charge in [-0.15, -0.1) is 0 Å². The van der Waals surface area contributed by atoms with Crippen LogP contribution in [0.1, 0.15) is 45.4 Å². The van der Waals surface area contributed by atoms with Crippen LogP contribution in [-0.4, -0.2) is 24.5 Å². The fourth-order valence-electron chi connectivity index (χ4n) is 2.72. The molecular weight excluding hydrogens is 280 g/mol. The van der Waals surface area contributed by atoms with Crippen LogP contribution < -0.4 is 15.4 Å². The molecule has 0 aliphatic heterocycles. The highest BCUT2D eigenvalue weighted by atomic mass is 16.5. The van der Waals surface area contributed by atoms with E-state index in [0.29, 0.717) is 18.0 Å². The molecule has 22 heavy (non-hydrogen) atoms. The third-order valence-corrected chi connectivity index (χ3v) is 3.75. The normalized spacial score (nSPS) is 15.1. The molecule has 1 aromatic rings. The maximum Gasteiger partial charge on any atom is 0.233 e. The molecular formula is C17H24N2O3. The second-order valence-electron chi connectivity index (χ2n) is 5.56. The number of nitrogens with one attached hydrogen (secondary N) is 2. The average Bonchev–Trinajstić information content (AvgIpc) is 2.50. The summed E-state index contributed by atoms with van der Waals surface area (Å²) in [6, 6.07) is 7.45. The Morgan fingerprint density at radius 3 is 2.59 bits per heavy atom. The van der Waals surface area contributed by atoms with Gasteiger partial charge in [-0.1, -0.05) is 31.4 Å². The van der Waals surface area contributed by atoms with E-state index in [4.69, 9.17) is 4.74 Å². The maximum absolute atomic E-state index is 12.0. The summed E-state index contributed by atoms with van der Waals surface area (Å²) < 4.78 is 5.45. The molecule has 0 saturated heterocycles. The third kappa shape index (κ3) is 5.06. The molecule has 2 rings (SSSR count). The predicted octanol–water partition coefficient (Wildman–Crippen LogP) is 2.86. The molecule has 2 N–H and O–H groups in total. The van der Waals surface area contributed by atoms with Gasteiger partial charge in [-0.2, -0.15) is 0 Å². The number of ether oxygens (including phenoxy) is 1. The van der Waals surface area contributed by atoms with Crippen molar-refractivity contribution < 1.29 is 14.3 Å². The highest BCUT2D eigenvalue weighted by Crippen LogP contribution is 2.23. The predicted molar refractivity (Wildman–Crippen MR) is 85.9 cm³/mol. The highest BCUT2D eigenvalue weighted by Gasteiger charge is 2.18. The number of benzene rings is 1. The van der Waals surface area contributed by atoms with Crippen molar-refractivity contribution >= 4 is 17.5 Å². The molecule has 5 nitrogen and oxygen atoms in total. The van der Waals surface area contributed by atoms with Gasteiger partial charge in [0, 0.05) is 6.04 Å². The summed E-state index contributed by atoms with van der Waals surface area (Å²) in [6.07, 6.45) is 5.41. The van der Waals surface area contributed by atoms with Crippen LogP contribution in [0.15, 0.2) is 24.3 Å². The monoisotopic (exact) mass is 304 g/mol. The van der Waals surface area contributed by atoms with E-state index >= 15 is 0 Å². The van der Waals surface area contributed by atoms with E-state index in [9.17, 15) is 9.59 Å². The second kappa shape index (κ2) is 8.41. The van der Waals surface area contributed by atoms with Crippen molar-refractivity contribution in [3.05, 3.63) is 24.3 Å². The summed E-state index contributed by atoms with van der Waals surface area (Å²) in [5.74, 6) is 0.0878. The number of para-hydroxylation sites is 2. The summed E-state index contributed by atoms with van der Waals surface area (Å²) in [7, 11) is 0. The molecule has 120 valence electrons. The average molecular weight is 304 g/mol. The van der Waals surface area contributed by atoms with Gasteiger partial charge in [0.2, 0.25) is 11.8 Å². The van der Waals surface area contributed by atoms with Crippen molar-refractivity contribution in [2.45, 2.75) is 51.5 Å². The van der Waals surface area contributed by atoms with Gasteiger partial charge in [0.15, 0.2) is 0 Å². The van der Waals surface area contributed by atoms with Gasteiger partial charge < -0.3 is 15.4 Å². The molecule has 1 fully saturated rings. The summed E-state index contributed by atoms with van der Waals surface area (Å²) in [6.45, 7) is 2.41. The van der Waals surface area contributed by atoms with E-state index in [2.05, 4.69) is 10.6 Å². The van der Waals surface area contributed by atoms with Crippen LogP contribution in [0.25, 0.3) is 0 Å². The standard InChI is InChI=1S/C17H24N2O3/c1-2-22-15-11-7-6-10-14(15)19-17(21)12-16(20)18-13-8-4-3-5-9-13/h6-7,10-11,13H,2-5,8-9,12H2,1H3,(H,18,20)(H,19,21). The van der Waals surface area contributed by atoms with Crippen molar-refractivity contribution in [2.24, 2.45) is 0 Å². The Bertz CT molecular complexity index is 510. The second-order valence-corrected chi connectivity index (χ2v) is 5.56. The van der Waals surface area contributed by atoms with Gasteiger partial charge in [0.1, 0.15) is 12.2 Å². The third-order valence-electron chi connectivity index (χ3n) is 3.75. The molecule has 1 aliphatic carbocycles. The lowest BCUT2D eigenvalue weighted by Crippen LogP contribution is -2.37. The van der Waals surface area contributed by atoms with Crippen molar-refractivity contribution in [2.75, 3.05) is 11.9 Å². The van der Waals surface area contributed by atoms with Gasteiger partial charge >= 0.3 is 0 Å². The fourth-order valence-corrected chi connectivity index (χ4v) is 2.72. The first-order valence-corrected chi connectivity index (χ1v) is 8.00. The lowest BCUT2D eigenvalue weighted by atomic mass is 9.95. The Hall–Kier alpha value is -2.04. The molecule has 0 spiro atoms. The Morgan fingerprint density at radius 2 is 1.86 bits per heavy atom. The summed E-state index contributed by atoms with van der Waals surface area (Å²) in [5, 5.41) is 5.68. The molecule has 1 aromatic carbocycles. The van der Waals surface area contributed by atoms with Gasteiger partial charge in [-0.05, 0) is 31.9 Å². The SMILES string of the molecule is CCOc1ccccc1NC(=O)CC(=O)NC1CCCCC1. The fraction of sp³-hybridized carbons (Fsp3) is 0.529. The molecule has 0 bridgehead atoms. The van der Waals surface area contributed by atoms with Crippen molar-refractivity contribution in [3.63, 3.8) is 0 Å². The van der Waals surface area contributed by atoms with Crippen LogP contribution in [0.2, 0.25) is 0 Å². The van der Waals surface area contributed by atoms with Crippen LogP contribution in [0, 0.1) is 0 Å². The van der Waals surface area contributed by atoms with E-state index in [1.807, 2.05) is 19.1 Å². The molecule has 0 atom stereocenters. The Labute approximate surface area is 131 Å². The summed E-state index contributed by atoms with van der Waals surface area (Å²) in [5.41, 5.74) is 0.597. The lowest BCUT2D eigenvalue weighted by molar-refractivity contribution is -0.127. The van der Waals surface area contributed by atoms with E-state index in [1.54, 1.807) is 12.1 Å². The van der Waals surface area contributed by atoms with E-state index in [-0.39, 0.29) is 24.3 Å². The van der Waals surface area contributed by atoms with Crippen LogP contribution in [0.4, 0.5) is 5.69 Å². The number of rotatable bonds is 6. The minimum atomic E-state index is -0.319. The van der Waals surface area contributed by atoms with Crippen LogP contribution in [0.5, 0.6) is 5.75 Å². The van der Waals surface area contributed by atoms with Crippen LogP contribution in [-0.2, 0) is 9.59 Å². The number of amides is 2. The number of carbonyl (C=O) groups is 2.